The lowest BCUT2D eigenvalue weighted by Crippen LogP contribution is -2.13. The van der Waals surface area contributed by atoms with Crippen molar-refractivity contribution < 1.29 is 9.53 Å². The monoisotopic (exact) mass is 395 g/mol. The van der Waals surface area contributed by atoms with Gasteiger partial charge in [0.25, 0.3) is 5.91 Å². The molecular formula is C22H22ClN3O2. The first-order valence-electron chi connectivity index (χ1n) is 8.97. The number of halogens is 1. The molecule has 0 atom stereocenters. The van der Waals surface area contributed by atoms with E-state index in [1.165, 1.54) is 6.20 Å². The van der Waals surface area contributed by atoms with E-state index >= 15 is 0 Å². The van der Waals surface area contributed by atoms with Gasteiger partial charge in [0.15, 0.2) is 0 Å². The fourth-order valence-corrected chi connectivity index (χ4v) is 2.80. The summed E-state index contributed by atoms with van der Waals surface area (Å²) in [5, 5.41) is 6.73. The summed E-state index contributed by atoms with van der Waals surface area (Å²) >= 11 is 6.12. The summed E-state index contributed by atoms with van der Waals surface area (Å²) in [7, 11) is 0. The molecule has 5 nitrogen and oxygen atoms in total. The molecule has 0 unspecified atom stereocenters. The fraction of sp³-hybridized carbons (Fsp3) is 0.182. The molecule has 2 aromatic carbocycles. The van der Waals surface area contributed by atoms with E-state index in [1.54, 1.807) is 24.4 Å². The molecular weight excluding hydrogens is 374 g/mol. The van der Waals surface area contributed by atoms with Crippen LogP contribution in [0.3, 0.4) is 0 Å². The van der Waals surface area contributed by atoms with Gasteiger partial charge in [0.1, 0.15) is 5.75 Å². The van der Waals surface area contributed by atoms with Crippen molar-refractivity contribution in [2.45, 2.75) is 26.9 Å². The molecule has 3 aromatic rings. The number of nitrogens with zero attached hydrogens (tertiary/aromatic N) is 1. The number of benzene rings is 2. The molecule has 28 heavy (non-hydrogen) atoms. The number of carbonyl (C=O) groups is 1. The van der Waals surface area contributed by atoms with Gasteiger partial charge in [-0.15, -0.1) is 0 Å². The van der Waals surface area contributed by atoms with Gasteiger partial charge in [-0.2, -0.15) is 0 Å². The van der Waals surface area contributed by atoms with Gasteiger partial charge in [0.2, 0.25) is 0 Å². The van der Waals surface area contributed by atoms with Gasteiger partial charge < -0.3 is 15.4 Å². The molecule has 0 saturated heterocycles. The van der Waals surface area contributed by atoms with Crippen molar-refractivity contribution >= 4 is 34.6 Å². The van der Waals surface area contributed by atoms with Crippen LogP contribution in [0.5, 0.6) is 5.75 Å². The Kier molecular flexibility index (Phi) is 6.16. The number of carbonyl (C=O) groups excluding carboxylic acids is 1. The fourth-order valence-electron chi connectivity index (χ4n) is 2.63. The smallest absolute Gasteiger partial charge is 0.257 e. The molecule has 0 aliphatic rings. The van der Waals surface area contributed by atoms with E-state index in [0.717, 1.165) is 17.0 Å². The number of rotatable bonds is 6. The minimum Gasteiger partial charge on any atom is -0.491 e. The molecule has 2 N–H and O–H groups in total. The molecule has 0 spiro atoms. The van der Waals surface area contributed by atoms with E-state index < -0.39 is 0 Å². The Bertz CT molecular complexity index is 972. The normalized spacial score (nSPS) is 10.6. The summed E-state index contributed by atoms with van der Waals surface area (Å²) < 4.78 is 5.64. The van der Waals surface area contributed by atoms with Crippen LogP contribution in [-0.2, 0) is 0 Å². The molecule has 6 heteroatoms. The third kappa shape index (κ3) is 5.02. The Hall–Kier alpha value is -3.05. The third-order valence-electron chi connectivity index (χ3n) is 4.03. The average Bonchev–Trinajstić information content (AvgIpc) is 2.67. The second-order valence-electron chi connectivity index (χ2n) is 6.64. The maximum Gasteiger partial charge on any atom is 0.257 e. The highest BCUT2D eigenvalue weighted by atomic mass is 35.5. The quantitative estimate of drug-likeness (QED) is 0.551. The Labute approximate surface area is 169 Å². The lowest BCUT2D eigenvalue weighted by atomic mass is 10.2. The lowest BCUT2D eigenvalue weighted by molar-refractivity contribution is 0.102. The van der Waals surface area contributed by atoms with Crippen molar-refractivity contribution in [2.75, 3.05) is 10.6 Å². The van der Waals surface area contributed by atoms with E-state index in [9.17, 15) is 4.79 Å². The van der Waals surface area contributed by atoms with E-state index in [0.29, 0.717) is 22.0 Å². The minimum atomic E-state index is -0.248. The van der Waals surface area contributed by atoms with Gasteiger partial charge in [0.05, 0.1) is 23.6 Å². The van der Waals surface area contributed by atoms with Gasteiger partial charge in [-0.3, -0.25) is 9.78 Å². The molecule has 3 rings (SSSR count). The van der Waals surface area contributed by atoms with Crippen molar-refractivity contribution in [3.63, 3.8) is 0 Å². The number of pyridine rings is 1. The van der Waals surface area contributed by atoms with Gasteiger partial charge >= 0.3 is 0 Å². The summed E-state index contributed by atoms with van der Waals surface area (Å²) in [6.45, 7) is 5.83. The van der Waals surface area contributed by atoms with Gasteiger partial charge in [-0.25, -0.2) is 0 Å². The van der Waals surface area contributed by atoms with E-state index in [4.69, 9.17) is 16.3 Å². The second-order valence-corrected chi connectivity index (χ2v) is 7.05. The number of amides is 1. The zero-order valence-corrected chi connectivity index (χ0v) is 16.7. The SMILES string of the molecule is Cc1c(Cl)cccc1NC(=O)c1cncc(Nc2ccc(OC(C)C)cc2)c1. The molecule has 1 amide bonds. The van der Waals surface area contributed by atoms with Gasteiger partial charge in [0, 0.05) is 22.6 Å². The number of aromatic nitrogens is 1. The van der Waals surface area contributed by atoms with Crippen LogP contribution in [0.15, 0.2) is 60.9 Å². The van der Waals surface area contributed by atoms with Crippen LogP contribution in [0.1, 0.15) is 29.8 Å². The zero-order chi connectivity index (χ0) is 20.1. The van der Waals surface area contributed by atoms with Crippen molar-refractivity contribution in [3.8, 4) is 5.75 Å². The van der Waals surface area contributed by atoms with E-state index in [-0.39, 0.29) is 12.0 Å². The highest BCUT2D eigenvalue weighted by Crippen LogP contribution is 2.24. The molecule has 0 aliphatic heterocycles. The Morgan fingerprint density at radius 1 is 1.07 bits per heavy atom. The second kappa shape index (κ2) is 8.76. The van der Waals surface area contributed by atoms with Crippen LogP contribution in [-0.4, -0.2) is 17.0 Å². The maximum atomic E-state index is 12.6. The third-order valence-corrected chi connectivity index (χ3v) is 4.44. The minimum absolute atomic E-state index is 0.126. The Balaban J connectivity index is 1.71. The molecule has 144 valence electrons. The van der Waals surface area contributed by atoms with E-state index in [2.05, 4.69) is 15.6 Å². The topological polar surface area (TPSA) is 63.2 Å². The molecule has 1 aromatic heterocycles. The average molecular weight is 396 g/mol. The molecule has 0 fully saturated rings. The molecule has 0 bridgehead atoms. The van der Waals surface area contributed by atoms with Gasteiger partial charge in [-0.1, -0.05) is 17.7 Å². The predicted molar refractivity (Wildman–Crippen MR) is 114 cm³/mol. The van der Waals surface area contributed by atoms with Crippen LogP contribution in [0.2, 0.25) is 5.02 Å². The van der Waals surface area contributed by atoms with Crippen LogP contribution in [0.4, 0.5) is 17.1 Å². The van der Waals surface area contributed by atoms with Crippen LogP contribution >= 0.6 is 11.6 Å². The van der Waals surface area contributed by atoms with Gasteiger partial charge in [-0.05, 0) is 68.8 Å². The predicted octanol–water partition coefficient (Wildman–Crippen LogP) is 5.83. The highest BCUT2D eigenvalue weighted by Gasteiger charge is 2.10. The summed E-state index contributed by atoms with van der Waals surface area (Å²) in [6, 6.07) is 14.8. The van der Waals surface area contributed by atoms with E-state index in [1.807, 2.05) is 51.1 Å². The Morgan fingerprint density at radius 3 is 2.54 bits per heavy atom. The first-order valence-corrected chi connectivity index (χ1v) is 9.35. The number of hydrogen-bond donors (Lipinski definition) is 2. The largest absolute Gasteiger partial charge is 0.491 e. The molecule has 0 radical (unpaired) electrons. The molecule has 1 heterocycles. The van der Waals surface area contributed by atoms with Crippen molar-refractivity contribution in [1.29, 1.82) is 0 Å². The number of hydrogen-bond acceptors (Lipinski definition) is 4. The maximum absolute atomic E-state index is 12.6. The highest BCUT2D eigenvalue weighted by molar-refractivity contribution is 6.31. The molecule has 0 aliphatic carbocycles. The lowest BCUT2D eigenvalue weighted by Gasteiger charge is -2.12. The number of anilines is 3. The van der Waals surface area contributed by atoms with Crippen molar-refractivity contribution in [1.82, 2.24) is 4.98 Å². The number of ether oxygens (including phenoxy) is 1. The van der Waals surface area contributed by atoms with Crippen LogP contribution in [0, 0.1) is 6.92 Å². The summed E-state index contributed by atoms with van der Waals surface area (Å²) in [6.07, 6.45) is 3.32. The van der Waals surface area contributed by atoms with Crippen LogP contribution < -0.4 is 15.4 Å². The van der Waals surface area contributed by atoms with Crippen molar-refractivity contribution in [2.24, 2.45) is 0 Å². The first kappa shape index (κ1) is 19.7. The first-order chi connectivity index (χ1) is 13.4. The summed E-state index contributed by atoms with van der Waals surface area (Å²) in [4.78, 5) is 16.8. The number of nitrogens with one attached hydrogen (secondary N) is 2. The van der Waals surface area contributed by atoms with Crippen LogP contribution in [0.25, 0.3) is 0 Å². The molecule has 0 saturated carbocycles. The Morgan fingerprint density at radius 2 is 1.82 bits per heavy atom. The van der Waals surface area contributed by atoms with Crippen molar-refractivity contribution in [3.05, 3.63) is 77.1 Å². The standard InChI is InChI=1S/C22H22ClN3O2/c1-14(2)28-19-9-7-17(8-10-19)25-18-11-16(12-24-13-18)22(27)26-21-6-4-5-20(23)15(21)3/h4-14,25H,1-3H3,(H,26,27). The zero-order valence-electron chi connectivity index (χ0n) is 16.0. The summed E-state index contributed by atoms with van der Waals surface area (Å²) in [5.74, 6) is 0.561. The summed E-state index contributed by atoms with van der Waals surface area (Å²) in [5.41, 5.74) is 3.54.